The van der Waals surface area contributed by atoms with Gasteiger partial charge in [0.15, 0.2) is 0 Å². The van der Waals surface area contributed by atoms with Gasteiger partial charge < -0.3 is 9.84 Å². The van der Waals surface area contributed by atoms with Crippen LogP contribution < -0.4 is 5.32 Å². The highest BCUT2D eigenvalue weighted by molar-refractivity contribution is 6.33. The molecule has 0 aliphatic rings. The second kappa shape index (κ2) is 6.62. The smallest absolute Gasteiger partial charge is 0.251 e. The van der Waals surface area contributed by atoms with E-state index in [1.807, 2.05) is 43.3 Å². The summed E-state index contributed by atoms with van der Waals surface area (Å²) in [5.74, 6) is 0.540. The molecular weight excluding hydrogens is 314 g/mol. The molecule has 5 nitrogen and oxygen atoms in total. The maximum Gasteiger partial charge on any atom is 0.251 e. The number of carbonyl (C=O) groups excluding carboxylic acids is 1. The molecule has 1 amide bonds. The van der Waals surface area contributed by atoms with Crippen LogP contribution in [-0.4, -0.2) is 16.0 Å². The van der Waals surface area contributed by atoms with E-state index in [0.29, 0.717) is 27.9 Å². The molecule has 0 aliphatic carbocycles. The van der Waals surface area contributed by atoms with Crippen molar-refractivity contribution in [1.82, 2.24) is 15.5 Å². The highest BCUT2D eigenvalue weighted by Gasteiger charge is 2.13. The van der Waals surface area contributed by atoms with Crippen LogP contribution in [0.4, 0.5) is 0 Å². The van der Waals surface area contributed by atoms with Gasteiger partial charge in [0.05, 0.1) is 11.6 Å². The van der Waals surface area contributed by atoms with E-state index in [2.05, 4.69) is 15.5 Å². The van der Waals surface area contributed by atoms with Gasteiger partial charge in [0, 0.05) is 11.1 Å². The third-order valence-corrected chi connectivity index (χ3v) is 3.70. The standard InChI is InChI=1S/C17H14ClN3O2/c1-11-6-2-3-7-12(11)17(22)19-10-15-20-16(21-23-15)13-8-4-5-9-14(13)18/h2-9H,10H2,1H3,(H,19,22). The maximum absolute atomic E-state index is 12.1. The Morgan fingerprint density at radius 1 is 1.17 bits per heavy atom. The van der Waals surface area contributed by atoms with Crippen molar-refractivity contribution in [3.63, 3.8) is 0 Å². The van der Waals surface area contributed by atoms with Gasteiger partial charge in [0.2, 0.25) is 11.7 Å². The van der Waals surface area contributed by atoms with Gasteiger partial charge in [-0.15, -0.1) is 0 Å². The van der Waals surface area contributed by atoms with Crippen LogP contribution in [0, 0.1) is 6.92 Å². The molecule has 0 atom stereocenters. The van der Waals surface area contributed by atoms with Crippen LogP contribution in [0.5, 0.6) is 0 Å². The molecule has 0 saturated heterocycles. The van der Waals surface area contributed by atoms with Crippen molar-refractivity contribution < 1.29 is 9.32 Å². The molecule has 3 rings (SSSR count). The molecule has 0 spiro atoms. The van der Waals surface area contributed by atoms with Crippen molar-refractivity contribution in [3.05, 3.63) is 70.6 Å². The molecular formula is C17H14ClN3O2. The first-order valence-corrected chi connectivity index (χ1v) is 7.44. The van der Waals surface area contributed by atoms with Crippen LogP contribution >= 0.6 is 11.6 Å². The molecule has 2 aromatic carbocycles. The number of nitrogens with one attached hydrogen (secondary N) is 1. The average molecular weight is 328 g/mol. The lowest BCUT2D eigenvalue weighted by Crippen LogP contribution is -2.23. The fraction of sp³-hybridized carbons (Fsp3) is 0.118. The minimum atomic E-state index is -0.180. The van der Waals surface area contributed by atoms with E-state index in [-0.39, 0.29) is 12.5 Å². The molecule has 0 radical (unpaired) electrons. The van der Waals surface area contributed by atoms with Crippen LogP contribution in [0.15, 0.2) is 53.1 Å². The number of hydrogen-bond donors (Lipinski definition) is 1. The van der Waals surface area contributed by atoms with Crippen LogP contribution in [0.3, 0.4) is 0 Å². The number of rotatable bonds is 4. The zero-order valence-corrected chi connectivity index (χ0v) is 13.2. The zero-order valence-electron chi connectivity index (χ0n) is 12.4. The number of nitrogens with zero attached hydrogens (tertiary/aromatic N) is 2. The van der Waals surface area contributed by atoms with Crippen LogP contribution in [-0.2, 0) is 6.54 Å². The van der Waals surface area contributed by atoms with E-state index >= 15 is 0 Å². The SMILES string of the molecule is Cc1ccccc1C(=O)NCc1nc(-c2ccccc2Cl)no1. The number of aromatic nitrogens is 2. The van der Waals surface area contributed by atoms with Gasteiger partial charge in [-0.3, -0.25) is 4.79 Å². The zero-order chi connectivity index (χ0) is 16.2. The number of amides is 1. The lowest BCUT2D eigenvalue weighted by molar-refractivity contribution is 0.0945. The molecule has 0 aliphatic heterocycles. The van der Waals surface area contributed by atoms with Gasteiger partial charge in [0.25, 0.3) is 5.91 Å². The Balaban J connectivity index is 1.70. The quantitative estimate of drug-likeness (QED) is 0.794. The van der Waals surface area contributed by atoms with E-state index in [4.69, 9.17) is 16.1 Å². The first-order valence-electron chi connectivity index (χ1n) is 7.06. The Bertz CT molecular complexity index is 845. The van der Waals surface area contributed by atoms with Crippen LogP contribution in [0.1, 0.15) is 21.8 Å². The summed E-state index contributed by atoms with van der Waals surface area (Å²) in [4.78, 5) is 16.4. The predicted molar refractivity (Wildman–Crippen MR) is 87.1 cm³/mol. The van der Waals surface area contributed by atoms with Crippen molar-refractivity contribution >= 4 is 17.5 Å². The second-order valence-corrected chi connectivity index (χ2v) is 5.40. The summed E-state index contributed by atoms with van der Waals surface area (Å²) in [5.41, 5.74) is 2.22. The summed E-state index contributed by atoms with van der Waals surface area (Å²) < 4.78 is 5.16. The van der Waals surface area contributed by atoms with Crippen LogP contribution in [0.2, 0.25) is 5.02 Å². The second-order valence-electron chi connectivity index (χ2n) is 4.99. The van der Waals surface area contributed by atoms with Gasteiger partial charge in [-0.25, -0.2) is 0 Å². The van der Waals surface area contributed by atoms with Crippen molar-refractivity contribution in [3.8, 4) is 11.4 Å². The van der Waals surface area contributed by atoms with Crippen LogP contribution in [0.25, 0.3) is 11.4 Å². The molecule has 0 unspecified atom stereocenters. The molecule has 6 heteroatoms. The van der Waals surface area contributed by atoms with E-state index < -0.39 is 0 Å². The van der Waals surface area contributed by atoms with Gasteiger partial charge >= 0.3 is 0 Å². The van der Waals surface area contributed by atoms with E-state index in [9.17, 15) is 4.79 Å². The summed E-state index contributed by atoms with van der Waals surface area (Å²) in [6.07, 6.45) is 0. The minimum absolute atomic E-state index is 0.157. The Hall–Kier alpha value is -2.66. The third kappa shape index (κ3) is 3.40. The summed E-state index contributed by atoms with van der Waals surface area (Å²) >= 11 is 6.10. The van der Waals surface area contributed by atoms with Crippen molar-refractivity contribution in [1.29, 1.82) is 0 Å². The minimum Gasteiger partial charge on any atom is -0.343 e. The normalized spacial score (nSPS) is 10.5. The topological polar surface area (TPSA) is 68.0 Å². The van der Waals surface area contributed by atoms with E-state index in [1.165, 1.54) is 0 Å². The summed E-state index contributed by atoms with van der Waals surface area (Å²) in [6, 6.07) is 14.6. The number of hydrogen-bond acceptors (Lipinski definition) is 4. The Labute approximate surface area is 138 Å². The Kier molecular flexibility index (Phi) is 4.39. The maximum atomic E-state index is 12.1. The van der Waals surface area contributed by atoms with E-state index in [1.54, 1.807) is 12.1 Å². The highest BCUT2D eigenvalue weighted by atomic mass is 35.5. The summed E-state index contributed by atoms with van der Waals surface area (Å²) in [5, 5.41) is 7.21. The van der Waals surface area contributed by atoms with Gasteiger partial charge in [0.1, 0.15) is 0 Å². The molecule has 1 aromatic heterocycles. The summed E-state index contributed by atoms with van der Waals surface area (Å²) in [6.45, 7) is 2.04. The number of aryl methyl sites for hydroxylation is 1. The van der Waals surface area contributed by atoms with Gasteiger partial charge in [-0.05, 0) is 30.7 Å². The monoisotopic (exact) mass is 327 g/mol. The first-order chi connectivity index (χ1) is 11.1. The molecule has 0 bridgehead atoms. The fourth-order valence-electron chi connectivity index (χ4n) is 2.16. The van der Waals surface area contributed by atoms with Crippen molar-refractivity contribution in [2.24, 2.45) is 0 Å². The van der Waals surface area contributed by atoms with E-state index in [0.717, 1.165) is 5.56 Å². The average Bonchev–Trinajstić information content (AvgIpc) is 3.02. The Morgan fingerprint density at radius 3 is 2.70 bits per heavy atom. The Morgan fingerprint density at radius 2 is 1.91 bits per heavy atom. The molecule has 23 heavy (non-hydrogen) atoms. The molecule has 1 N–H and O–H groups in total. The first kappa shape index (κ1) is 15.2. The number of carbonyl (C=O) groups is 1. The highest BCUT2D eigenvalue weighted by Crippen LogP contribution is 2.24. The van der Waals surface area contributed by atoms with Gasteiger partial charge in [-0.2, -0.15) is 4.98 Å². The fourth-order valence-corrected chi connectivity index (χ4v) is 2.38. The largest absolute Gasteiger partial charge is 0.343 e. The number of halogens is 1. The lowest BCUT2D eigenvalue weighted by Gasteiger charge is -2.04. The van der Waals surface area contributed by atoms with Crippen molar-refractivity contribution in [2.75, 3.05) is 0 Å². The van der Waals surface area contributed by atoms with Gasteiger partial charge in [-0.1, -0.05) is 47.1 Å². The summed E-state index contributed by atoms with van der Waals surface area (Å²) in [7, 11) is 0. The molecule has 1 heterocycles. The molecule has 0 fully saturated rings. The lowest BCUT2D eigenvalue weighted by atomic mass is 10.1. The molecule has 0 saturated carbocycles. The third-order valence-electron chi connectivity index (χ3n) is 3.37. The molecule has 116 valence electrons. The predicted octanol–water partition coefficient (Wildman–Crippen LogP) is 3.63. The number of benzene rings is 2. The van der Waals surface area contributed by atoms with Crippen molar-refractivity contribution in [2.45, 2.75) is 13.5 Å². The molecule has 3 aromatic rings.